The zero-order chi connectivity index (χ0) is 23.4. The molecule has 1 N–H and O–H groups in total. The zero-order valence-electron chi connectivity index (χ0n) is 18.3. The van der Waals surface area contributed by atoms with E-state index in [1.807, 2.05) is 17.5 Å². The Morgan fingerprint density at radius 1 is 1.00 bits per heavy atom. The quantitative estimate of drug-likeness (QED) is 0.300. The van der Waals surface area contributed by atoms with Crippen LogP contribution in [0.5, 0.6) is 17.2 Å². The number of aromatic amines is 1. The average molecular weight is 463 g/mol. The van der Waals surface area contributed by atoms with Gasteiger partial charge in [0.25, 0.3) is 0 Å². The summed E-state index contributed by atoms with van der Waals surface area (Å²) < 4.78 is 17.6. The first-order valence-electron chi connectivity index (χ1n) is 10.0. The lowest BCUT2D eigenvalue weighted by molar-refractivity contribution is 0.104. The number of H-pyrrole nitrogens is 1. The number of benzene rings is 2. The van der Waals surface area contributed by atoms with Crippen molar-refractivity contribution in [2.24, 2.45) is 0 Å². The summed E-state index contributed by atoms with van der Waals surface area (Å²) in [6, 6.07) is 14.4. The summed E-state index contributed by atoms with van der Waals surface area (Å²) >= 11 is 1.54. The van der Waals surface area contributed by atoms with Crippen LogP contribution in [0.3, 0.4) is 0 Å². The monoisotopic (exact) mass is 462 g/mol. The van der Waals surface area contributed by atoms with Crippen LogP contribution in [0.1, 0.15) is 15.9 Å². The Kier molecular flexibility index (Phi) is 6.46. The first-order valence-corrected chi connectivity index (χ1v) is 10.9. The molecule has 0 unspecified atom stereocenters. The topological polar surface area (TPSA) is 82.6 Å². The van der Waals surface area contributed by atoms with E-state index >= 15 is 0 Å². The summed E-state index contributed by atoms with van der Waals surface area (Å²) in [5.74, 6) is 1.28. The number of carbonyl (C=O) groups excluding carboxylic acids is 1. The van der Waals surface area contributed by atoms with E-state index in [9.17, 15) is 9.59 Å². The van der Waals surface area contributed by atoms with Crippen molar-refractivity contribution in [3.05, 3.63) is 87.8 Å². The number of thiophene rings is 1. The highest BCUT2D eigenvalue weighted by atomic mass is 32.1. The maximum absolute atomic E-state index is 12.9. The summed E-state index contributed by atoms with van der Waals surface area (Å²) in [5.41, 5.74) is 2.26. The number of carbonyl (C=O) groups is 1. The Morgan fingerprint density at radius 2 is 1.76 bits per heavy atom. The van der Waals surface area contributed by atoms with Gasteiger partial charge in [0, 0.05) is 11.8 Å². The molecular weight excluding hydrogens is 440 g/mol. The molecule has 0 saturated carbocycles. The minimum Gasteiger partial charge on any atom is -0.493 e. The Labute approximate surface area is 194 Å². The van der Waals surface area contributed by atoms with Gasteiger partial charge < -0.3 is 19.2 Å². The smallest absolute Gasteiger partial charge is 0.330 e. The van der Waals surface area contributed by atoms with Crippen molar-refractivity contribution in [1.82, 2.24) is 9.55 Å². The molecule has 4 aromatic rings. The highest BCUT2D eigenvalue weighted by Gasteiger charge is 2.14. The summed E-state index contributed by atoms with van der Waals surface area (Å²) in [6.45, 7) is 0. The number of aromatic nitrogens is 2. The number of ketones is 1. The Balaban J connectivity index is 1.65. The maximum atomic E-state index is 12.9. The van der Waals surface area contributed by atoms with Crippen molar-refractivity contribution in [3.63, 3.8) is 0 Å². The normalized spacial score (nSPS) is 11.0. The fraction of sp³-hybridized carbons (Fsp3) is 0.120. The number of nitrogens with zero attached hydrogens (tertiary/aromatic N) is 1. The molecule has 0 amide bonds. The molecule has 0 saturated heterocycles. The molecule has 7 nitrogen and oxygen atoms in total. The van der Waals surface area contributed by atoms with Crippen molar-refractivity contribution in [2.75, 3.05) is 21.3 Å². The summed E-state index contributed by atoms with van der Waals surface area (Å²) in [6.07, 6.45) is 4.83. The summed E-state index contributed by atoms with van der Waals surface area (Å²) in [5, 5.41) is 1.95. The van der Waals surface area contributed by atoms with Gasteiger partial charge in [-0.1, -0.05) is 24.3 Å². The van der Waals surface area contributed by atoms with Gasteiger partial charge in [0.2, 0.25) is 5.75 Å². The van der Waals surface area contributed by atoms with E-state index in [-0.39, 0.29) is 11.5 Å². The van der Waals surface area contributed by atoms with Gasteiger partial charge in [0.05, 0.1) is 37.6 Å². The van der Waals surface area contributed by atoms with Crippen LogP contribution in [0.4, 0.5) is 0 Å². The van der Waals surface area contributed by atoms with Crippen LogP contribution in [0.15, 0.2) is 71.0 Å². The van der Waals surface area contributed by atoms with Crippen LogP contribution in [-0.4, -0.2) is 36.7 Å². The zero-order valence-corrected chi connectivity index (χ0v) is 19.1. The van der Waals surface area contributed by atoms with Crippen LogP contribution in [0.25, 0.3) is 22.3 Å². The molecule has 0 bridgehead atoms. The highest BCUT2D eigenvalue weighted by molar-refractivity contribution is 7.13. The molecular formula is C25H22N2O5S. The number of ether oxygens (including phenoxy) is 3. The molecule has 0 aliphatic rings. The fourth-order valence-corrected chi connectivity index (χ4v) is 4.23. The molecule has 0 spiro atoms. The van der Waals surface area contributed by atoms with E-state index in [0.29, 0.717) is 28.5 Å². The van der Waals surface area contributed by atoms with Gasteiger partial charge >= 0.3 is 5.69 Å². The number of nitrogens with one attached hydrogen (secondary N) is 1. The van der Waals surface area contributed by atoms with Crippen molar-refractivity contribution in [3.8, 4) is 33.5 Å². The SMILES string of the molecule is COc1cc(C=CC(=O)c2cccc(-n3c(-c4cccs4)c[nH]c3=O)c2)cc(OC)c1OC. The first-order chi connectivity index (χ1) is 16.0. The molecule has 33 heavy (non-hydrogen) atoms. The van der Waals surface area contributed by atoms with E-state index < -0.39 is 0 Å². The van der Waals surface area contributed by atoms with E-state index in [1.54, 1.807) is 53.2 Å². The van der Waals surface area contributed by atoms with Gasteiger partial charge in [-0.3, -0.25) is 9.36 Å². The first kappa shape index (κ1) is 22.2. The summed E-state index contributed by atoms with van der Waals surface area (Å²) in [7, 11) is 4.61. The average Bonchev–Trinajstić information content (AvgIpc) is 3.51. The lowest BCUT2D eigenvalue weighted by atomic mass is 10.1. The maximum Gasteiger partial charge on any atom is 0.330 e. The number of imidazole rings is 1. The molecule has 4 rings (SSSR count). The lowest BCUT2D eigenvalue weighted by Gasteiger charge is -2.12. The van der Waals surface area contributed by atoms with Crippen LogP contribution in [0.2, 0.25) is 0 Å². The van der Waals surface area contributed by atoms with Crippen LogP contribution < -0.4 is 19.9 Å². The molecule has 0 aliphatic carbocycles. The third kappa shape index (κ3) is 4.47. The molecule has 0 aliphatic heterocycles. The lowest BCUT2D eigenvalue weighted by Crippen LogP contribution is -2.16. The molecule has 168 valence electrons. The van der Waals surface area contributed by atoms with E-state index in [2.05, 4.69) is 4.98 Å². The van der Waals surface area contributed by atoms with E-state index in [1.165, 1.54) is 38.7 Å². The molecule has 8 heteroatoms. The molecule has 0 atom stereocenters. The predicted octanol–water partition coefficient (Wildman–Crippen LogP) is 4.82. The molecule has 2 aromatic carbocycles. The van der Waals surface area contributed by atoms with Gasteiger partial charge in [-0.25, -0.2) is 4.79 Å². The van der Waals surface area contributed by atoms with Crippen LogP contribution >= 0.6 is 11.3 Å². The third-order valence-corrected chi connectivity index (χ3v) is 5.95. The van der Waals surface area contributed by atoms with Crippen LogP contribution in [0, 0.1) is 0 Å². The molecule has 2 heterocycles. The second kappa shape index (κ2) is 9.62. The van der Waals surface area contributed by atoms with Gasteiger partial charge in [-0.05, 0) is 47.4 Å². The minimum atomic E-state index is -0.268. The van der Waals surface area contributed by atoms with Crippen molar-refractivity contribution < 1.29 is 19.0 Å². The van der Waals surface area contributed by atoms with Gasteiger partial charge in [0.15, 0.2) is 17.3 Å². The molecule has 0 radical (unpaired) electrons. The second-order valence-electron chi connectivity index (χ2n) is 7.00. The van der Waals surface area contributed by atoms with Gasteiger partial charge in [0.1, 0.15) is 0 Å². The highest BCUT2D eigenvalue weighted by Crippen LogP contribution is 2.38. The van der Waals surface area contributed by atoms with E-state index in [4.69, 9.17) is 14.2 Å². The Bertz CT molecular complexity index is 1340. The van der Waals surface area contributed by atoms with Crippen LogP contribution in [-0.2, 0) is 0 Å². The minimum absolute atomic E-state index is 0.202. The van der Waals surface area contributed by atoms with Crippen molar-refractivity contribution >= 4 is 23.2 Å². The Morgan fingerprint density at radius 3 is 2.39 bits per heavy atom. The molecule has 0 fully saturated rings. The number of rotatable bonds is 8. The van der Waals surface area contributed by atoms with E-state index in [0.717, 1.165) is 16.1 Å². The van der Waals surface area contributed by atoms with Crippen molar-refractivity contribution in [2.45, 2.75) is 0 Å². The number of hydrogen-bond acceptors (Lipinski definition) is 6. The summed E-state index contributed by atoms with van der Waals surface area (Å²) in [4.78, 5) is 29.1. The third-order valence-electron chi connectivity index (χ3n) is 5.05. The fourth-order valence-electron chi connectivity index (χ4n) is 3.49. The number of allylic oxidation sites excluding steroid dienone is 1. The van der Waals surface area contributed by atoms with Crippen molar-refractivity contribution in [1.29, 1.82) is 0 Å². The van der Waals surface area contributed by atoms with Gasteiger partial charge in [-0.15, -0.1) is 11.3 Å². The largest absolute Gasteiger partial charge is 0.493 e. The number of methoxy groups -OCH3 is 3. The number of hydrogen-bond donors (Lipinski definition) is 1. The standard InChI is InChI=1S/C25H22N2O5S/c1-30-21-12-16(13-22(31-2)24(21)32-3)9-10-20(28)17-6-4-7-18(14-17)27-19(15-26-25(27)29)23-8-5-11-33-23/h4-15H,1-3H3,(H,26,29). The predicted molar refractivity (Wildman–Crippen MR) is 129 cm³/mol. The molecule has 2 aromatic heterocycles. The second-order valence-corrected chi connectivity index (χ2v) is 7.95. The van der Waals surface area contributed by atoms with Gasteiger partial charge in [-0.2, -0.15) is 0 Å². The Hall–Kier alpha value is -4.04.